The smallest absolute Gasteiger partial charge is 0.410 e. The Balaban J connectivity index is 1.90. The highest BCUT2D eigenvalue weighted by Crippen LogP contribution is 2.21. The molecule has 0 aromatic carbocycles. The molecule has 2 aliphatic heterocycles. The third-order valence-corrected chi connectivity index (χ3v) is 4.28. The summed E-state index contributed by atoms with van der Waals surface area (Å²) in [6.45, 7) is 8.20. The van der Waals surface area contributed by atoms with Crippen molar-refractivity contribution in [1.82, 2.24) is 14.7 Å². The van der Waals surface area contributed by atoms with E-state index in [2.05, 4.69) is 13.2 Å². The summed E-state index contributed by atoms with van der Waals surface area (Å²) in [5.74, 6) is -0.229. The Morgan fingerprint density at radius 3 is 2.42 bits per heavy atom. The number of hydrogen-bond donors (Lipinski definition) is 1. The minimum Gasteiger partial charge on any atom is -0.445 e. The number of aliphatic hydroxyl groups excluding tert-OH is 1. The first-order valence-corrected chi connectivity index (χ1v) is 8.49. The van der Waals surface area contributed by atoms with Crippen LogP contribution in [0.15, 0.2) is 25.3 Å². The molecule has 1 N–H and O–H groups in total. The molecule has 2 heterocycles. The molecule has 2 saturated heterocycles. The van der Waals surface area contributed by atoms with Gasteiger partial charge in [-0.3, -0.25) is 9.69 Å². The molecule has 9 nitrogen and oxygen atoms in total. The zero-order valence-electron chi connectivity index (χ0n) is 14.7. The van der Waals surface area contributed by atoms with Gasteiger partial charge in [-0.25, -0.2) is 9.59 Å². The van der Waals surface area contributed by atoms with Crippen molar-refractivity contribution in [3.05, 3.63) is 25.3 Å². The molecule has 0 aromatic heterocycles. The molecule has 0 unspecified atom stereocenters. The molecule has 0 aliphatic carbocycles. The van der Waals surface area contributed by atoms with E-state index in [1.54, 1.807) is 4.90 Å². The first kappa shape index (κ1) is 19.8. The molecule has 26 heavy (non-hydrogen) atoms. The van der Waals surface area contributed by atoms with Crippen LogP contribution in [0.3, 0.4) is 0 Å². The van der Waals surface area contributed by atoms with Gasteiger partial charge in [-0.05, 0) is 6.42 Å². The van der Waals surface area contributed by atoms with Gasteiger partial charge < -0.3 is 24.4 Å². The fraction of sp³-hybridized carbons (Fsp3) is 0.588. The summed E-state index contributed by atoms with van der Waals surface area (Å²) in [6.07, 6.45) is 1.56. The van der Waals surface area contributed by atoms with Gasteiger partial charge in [-0.15, -0.1) is 0 Å². The summed E-state index contributed by atoms with van der Waals surface area (Å²) in [7, 11) is 0. The van der Waals surface area contributed by atoms with Gasteiger partial charge in [0.15, 0.2) is 0 Å². The fourth-order valence-electron chi connectivity index (χ4n) is 3.04. The Hall–Kier alpha value is -2.55. The van der Waals surface area contributed by atoms with Gasteiger partial charge in [0.2, 0.25) is 5.91 Å². The highest BCUT2D eigenvalue weighted by Gasteiger charge is 2.38. The normalized spacial score (nSPS) is 23.0. The van der Waals surface area contributed by atoms with Gasteiger partial charge in [0.05, 0.1) is 18.7 Å². The number of rotatable bonds is 6. The van der Waals surface area contributed by atoms with Crippen molar-refractivity contribution in [2.24, 2.45) is 0 Å². The second-order valence-corrected chi connectivity index (χ2v) is 6.19. The predicted octanol–water partition coefficient (Wildman–Crippen LogP) is 0.211. The van der Waals surface area contributed by atoms with Crippen molar-refractivity contribution in [3.63, 3.8) is 0 Å². The summed E-state index contributed by atoms with van der Waals surface area (Å²) in [4.78, 5) is 40.6. The summed E-state index contributed by atoms with van der Waals surface area (Å²) < 4.78 is 9.97. The van der Waals surface area contributed by atoms with Crippen molar-refractivity contribution in [3.8, 4) is 0 Å². The van der Waals surface area contributed by atoms with E-state index >= 15 is 0 Å². The van der Waals surface area contributed by atoms with Crippen molar-refractivity contribution in [2.75, 3.05) is 45.9 Å². The van der Waals surface area contributed by atoms with Gasteiger partial charge in [0.25, 0.3) is 0 Å². The molecular weight excluding hydrogens is 342 g/mol. The molecule has 144 valence electrons. The quantitative estimate of drug-likeness (QED) is 0.674. The number of ether oxygens (including phenoxy) is 2. The largest absolute Gasteiger partial charge is 0.445 e. The Bertz CT molecular complexity index is 567. The molecule has 0 bridgehead atoms. The summed E-state index contributed by atoms with van der Waals surface area (Å²) in [5, 5.41) is 9.89. The molecule has 0 saturated carbocycles. The monoisotopic (exact) mass is 367 g/mol. The number of β-amino-alcohol motifs (C(OH)–C–C–N with tert-alkyl or cyclic N) is 1. The van der Waals surface area contributed by atoms with Gasteiger partial charge in [0, 0.05) is 19.6 Å². The van der Waals surface area contributed by atoms with Crippen LogP contribution in [-0.2, 0) is 14.3 Å². The number of likely N-dealkylation sites (tertiary alicyclic amines) is 1. The van der Waals surface area contributed by atoms with E-state index in [1.807, 2.05) is 0 Å². The minimum atomic E-state index is -0.651. The Morgan fingerprint density at radius 2 is 1.81 bits per heavy atom. The van der Waals surface area contributed by atoms with Gasteiger partial charge in [0.1, 0.15) is 19.8 Å². The zero-order valence-corrected chi connectivity index (χ0v) is 14.7. The molecule has 2 atom stereocenters. The van der Waals surface area contributed by atoms with E-state index in [-0.39, 0.29) is 44.8 Å². The van der Waals surface area contributed by atoms with Crippen molar-refractivity contribution < 1.29 is 29.0 Å². The van der Waals surface area contributed by atoms with E-state index in [9.17, 15) is 19.5 Å². The molecule has 3 amide bonds. The molecule has 0 spiro atoms. The SMILES string of the molecule is C=CCOC(=O)N1CCN(C[C@@H]2C[C@@H](O)CN2C(=O)OCC=C)C(=O)C1. The number of amides is 3. The number of piperazine rings is 1. The maximum atomic E-state index is 12.3. The maximum Gasteiger partial charge on any atom is 0.410 e. The van der Waals surface area contributed by atoms with Crippen molar-refractivity contribution in [2.45, 2.75) is 18.6 Å². The highest BCUT2D eigenvalue weighted by molar-refractivity contribution is 5.83. The number of aliphatic hydroxyl groups is 1. The van der Waals surface area contributed by atoms with E-state index in [4.69, 9.17) is 9.47 Å². The number of hydrogen-bond acceptors (Lipinski definition) is 6. The fourth-order valence-corrected chi connectivity index (χ4v) is 3.04. The van der Waals surface area contributed by atoms with Crippen LogP contribution in [0.5, 0.6) is 0 Å². The second-order valence-electron chi connectivity index (χ2n) is 6.19. The molecule has 9 heteroatoms. The van der Waals surface area contributed by atoms with Crippen LogP contribution in [0.2, 0.25) is 0 Å². The molecule has 2 rings (SSSR count). The third-order valence-electron chi connectivity index (χ3n) is 4.28. The minimum absolute atomic E-state index is 0.0772. The topological polar surface area (TPSA) is 99.6 Å². The van der Waals surface area contributed by atoms with Gasteiger partial charge in [-0.2, -0.15) is 0 Å². The van der Waals surface area contributed by atoms with Gasteiger partial charge in [-0.1, -0.05) is 25.3 Å². The first-order chi connectivity index (χ1) is 12.5. The molecule has 0 aromatic rings. The molecule has 2 aliphatic rings. The van der Waals surface area contributed by atoms with E-state index in [0.29, 0.717) is 19.5 Å². The summed E-state index contributed by atoms with van der Waals surface area (Å²) in [6, 6.07) is -0.328. The molecule has 0 radical (unpaired) electrons. The Morgan fingerprint density at radius 1 is 1.15 bits per heavy atom. The number of nitrogens with zero attached hydrogens (tertiary/aromatic N) is 3. The first-order valence-electron chi connectivity index (χ1n) is 8.49. The van der Waals surface area contributed by atoms with Crippen LogP contribution in [-0.4, -0.2) is 96.0 Å². The van der Waals surface area contributed by atoms with Crippen molar-refractivity contribution in [1.29, 1.82) is 0 Å². The van der Waals surface area contributed by atoms with Crippen LogP contribution in [0, 0.1) is 0 Å². The summed E-state index contributed by atoms with van der Waals surface area (Å²) in [5.41, 5.74) is 0. The number of carbonyl (C=O) groups is 3. The van der Waals surface area contributed by atoms with E-state index in [0.717, 1.165) is 0 Å². The van der Waals surface area contributed by atoms with Crippen LogP contribution in [0.25, 0.3) is 0 Å². The third kappa shape index (κ3) is 4.98. The van der Waals surface area contributed by atoms with Crippen LogP contribution in [0.4, 0.5) is 9.59 Å². The Kier molecular flexibility index (Phi) is 7.02. The van der Waals surface area contributed by atoms with E-state index in [1.165, 1.54) is 22.0 Å². The second kappa shape index (κ2) is 9.23. The lowest BCUT2D eigenvalue weighted by atomic mass is 10.1. The lowest BCUT2D eigenvalue weighted by Gasteiger charge is -2.36. The summed E-state index contributed by atoms with van der Waals surface area (Å²) >= 11 is 0. The van der Waals surface area contributed by atoms with Crippen LogP contribution < -0.4 is 0 Å². The van der Waals surface area contributed by atoms with Gasteiger partial charge >= 0.3 is 12.2 Å². The average molecular weight is 367 g/mol. The molecular formula is C17H25N3O6. The maximum absolute atomic E-state index is 12.3. The number of carbonyl (C=O) groups excluding carboxylic acids is 3. The van der Waals surface area contributed by atoms with Crippen LogP contribution in [0.1, 0.15) is 6.42 Å². The standard InChI is InChI=1S/C17H25N3O6/c1-3-7-25-16(23)19-6-5-18(15(22)12-19)10-13-9-14(21)11-20(13)17(24)26-8-4-2/h3-4,13-14,21H,1-2,5-12H2/t13-,14+/m0/s1. The molecule has 2 fully saturated rings. The van der Waals surface area contributed by atoms with Crippen molar-refractivity contribution >= 4 is 18.1 Å². The average Bonchev–Trinajstić information content (AvgIpc) is 2.99. The van der Waals surface area contributed by atoms with E-state index < -0.39 is 18.3 Å². The van der Waals surface area contributed by atoms with Crippen LogP contribution >= 0.6 is 0 Å². The zero-order chi connectivity index (χ0) is 19.1. The predicted molar refractivity (Wildman–Crippen MR) is 92.4 cm³/mol. The lowest BCUT2D eigenvalue weighted by Crippen LogP contribution is -2.55. The Labute approximate surface area is 152 Å². The lowest BCUT2D eigenvalue weighted by molar-refractivity contribution is -0.136. The highest BCUT2D eigenvalue weighted by atomic mass is 16.6.